The molecular weight excluding hydrogens is 442 g/mol. The van der Waals surface area contributed by atoms with Crippen LogP contribution in [-0.4, -0.2) is 17.1 Å². The van der Waals surface area contributed by atoms with Crippen LogP contribution in [0.25, 0.3) is 11.3 Å². The second-order valence-electron chi connectivity index (χ2n) is 7.61. The van der Waals surface area contributed by atoms with Crippen molar-refractivity contribution in [3.63, 3.8) is 0 Å². The van der Waals surface area contributed by atoms with Crippen LogP contribution in [0.4, 0.5) is 11.4 Å². The Morgan fingerprint density at radius 1 is 1.09 bits per heavy atom. The number of aromatic nitrogens is 1. The Labute approximate surface area is 194 Å². The van der Waals surface area contributed by atoms with Crippen molar-refractivity contribution in [1.29, 1.82) is 0 Å². The normalized spacial score (nSPS) is 13.4. The average molecular weight is 462 g/mol. The molecule has 1 amide bonds. The van der Waals surface area contributed by atoms with Gasteiger partial charge in [-0.15, -0.1) is 11.3 Å². The van der Waals surface area contributed by atoms with Crippen LogP contribution in [0, 0.1) is 6.92 Å². The SMILES string of the molecule is Cc1ccc(N=c2scc(-c3ccc4c(c3)NC(=O)CO4)n2Cc2ccc(Cl)cc2)cc1. The number of ether oxygens (including phenoxy) is 1. The molecule has 160 valence electrons. The molecule has 3 aromatic carbocycles. The summed E-state index contributed by atoms with van der Waals surface area (Å²) in [6.45, 7) is 2.74. The molecule has 0 saturated carbocycles. The molecule has 0 radical (unpaired) electrons. The highest BCUT2D eigenvalue weighted by Gasteiger charge is 2.18. The lowest BCUT2D eigenvalue weighted by Crippen LogP contribution is -2.25. The van der Waals surface area contributed by atoms with Gasteiger partial charge >= 0.3 is 0 Å². The highest BCUT2D eigenvalue weighted by atomic mass is 35.5. The Bertz CT molecular complexity index is 1360. The molecule has 0 unspecified atom stereocenters. The van der Waals surface area contributed by atoms with Crippen molar-refractivity contribution in [3.05, 3.63) is 93.1 Å². The first-order chi connectivity index (χ1) is 15.5. The van der Waals surface area contributed by atoms with Crippen LogP contribution in [0.2, 0.25) is 5.02 Å². The predicted molar refractivity (Wildman–Crippen MR) is 129 cm³/mol. The fourth-order valence-corrected chi connectivity index (χ4v) is 4.60. The molecule has 0 spiro atoms. The number of fused-ring (bicyclic) bond motifs is 1. The third-order valence-corrected chi connectivity index (χ3v) is 6.33. The van der Waals surface area contributed by atoms with E-state index in [9.17, 15) is 4.79 Å². The van der Waals surface area contributed by atoms with E-state index in [1.807, 2.05) is 54.6 Å². The number of thiazole rings is 1. The van der Waals surface area contributed by atoms with E-state index in [1.54, 1.807) is 11.3 Å². The number of benzene rings is 3. The first-order valence-corrected chi connectivity index (χ1v) is 11.4. The van der Waals surface area contributed by atoms with Gasteiger partial charge in [0.2, 0.25) is 0 Å². The van der Waals surface area contributed by atoms with Crippen LogP contribution in [0.3, 0.4) is 0 Å². The first kappa shape index (κ1) is 20.5. The molecule has 32 heavy (non-hydrogen) atoms. The van der Waals surface area contributed by atoms with E-state index in [0.29, 0.717) is 23.0 Å². The summed E-state index contributed by atoms with van der Waals surface area (Å²) in [5.41, 5.74) is 5.89. The zero-order chi connectivity index (χ0) is 22.1. The first-order valence-electron chi connectivity index (χ1n) is 10.2. The summed E-state index contributed by atoms with van der Waals surface area (Å²) in [6, 6.07) is 21.8. The molecule has 1 N–H and O–H groups in total. The Morgan fingerprint density at radius 2 is 1.88 bits per heavy atom. The van der Waals surface area contributed by atoms with Crippen LogP contribution in [0.1, 0.15) is 11.1 Å². The van der Waals surface area contributed by atoms with E-state index in [1.165, 1.54) is 5.56 Å². The molecule has 0 saturated heterocycles. The van der Waals surface area contributed by atoms with Gasteiger partial charge in [0, 0.05) is 16.0 Å². The van der Waals surface area contributed by atoms with Crippen molar-refractivity contribution in [2.75, 3.05) is 11.9 Å². The second kappa shape index (κ2) is 8.65. The summed E-state index contributed by atoms with van der Waals surface area (Å²) in [7, 11) is 0. The quantitative estimate of drug-likeness (QED) is 0.418. The van der Waals surface area contributed by atoms with Gasteiger partial charge in [0.05, 0.1) is 23.6 Å². The number of anilines is 1. The Morgan fingerprint density at radius 3 is 2.66 bits per heavy atom. The van der Waals surface area contributed by atoms with Gasteiger partial charge in [0.25, 0.3) is 5.91 Å². The molecule has 2 heterocycles. The minimum Gasteiger partial charge on any atom is -0.482 e. The highest BCUT2D eigenvalue weighted by Crippen LogP contribution is 2.33. The van der Waals surface area contributed by atoms with E-state index in [-0.39, 0.29) is 12.5 Å². The maximum atomic E-state index is 11.8. The molecule has 1 aliphatic rings. The van der Waals surface area contributed by atoms with Gasteiger partial charge < -0.3 is 14.6 Å². The molecule has 0 atom stereocenters. The van der Waals surface area contributed by atoms with Crippen LogP contribution >= 0.6 is 22.9 Å². The van der Waals surface area contributed by atoms with Gasteiger partial charge in [-0.05, 0) is 55.0 Å². The number of rotatable bonds is 4. The van der Waals surface area contributed by atoms with Gasteiger partial charge in [-0.3, -0.25) is 4.79 Å². The zero-order valence-electron chi connectivity index (χ0n) is 17.3. The Balaban J connectivity index is 1.61. The standard InChI is InChI=1S/C25H20ClN3O2S/c1-16-2-9-20(10-3-16)27-25-29(13-17-4-7-19(26)8-5-17)22(15-32-25)18-6-11-23-21(12-18)28-24(30)14-31-23/h2-12,15H,13-14H2,1H3,(H,28,30). The summed E-state index contributed by atoms with van der Waals surface area (Å²) in [5.74, 6) is 0.529. The minimum absolute atomic E-state index is 0.0426. The van der Waals surface area contributed by atoms with Crippen LogP contribution in [0.15, 0.2) is 77.1 Å². The number of hydrogen-bond acceptors (Lipinski definition) is 4. The number of hydrogen-bond donors (Lipinski definition) is 1. The molecule has 7 heteroatoms. The van der Waals surface area contributed by atoms with Gasteiger partial charge in [-0.2, -0.15) is 0 Å². The van der Waals surface area contributed by atoms with Crippen molar-refractivity contribution >= 4 is 40.2 Å². The van der Waals surface area contributed by atoms with E-state index in [4.69, 9.17) is 21.3 Å². The summed E-state index contributed by atoms with van der Waals surface area (Å²) >= 11 is 7.66. The fourth-order valence-electron chi connectivity index (χ4n) is 3.55. The van der Waals surface area contributed by atoms with Crippen molar-refractivity contribution in [2.45, 2.75) is 13.5 Å². The van der Waals surface area contributed by atoms with E-state index in [2.05, 4.69) is 34.3 Å². The Hall–Kier alpha value is -3.35. The van der Waals surface area contributed by atoms with E-state index in [0.717, 1.165) is 27.3 Å². The molecule has 1 aliphatic heterocycles. The molecule has 4 aromatic rings. The molecule has 0 fully saturated rings. The Kier molecular flexibility index (Phi) is 5.55. The third-order valence-electron chi connectivity index (χ3n) is 5.22. The second-order valence-corrected chi connectivity index (χ2v) is 8.88. The van der Waals surface area contributed by atoms with E-state index >= 15 is 0 Å². The fraction of sp³-hybridized carbons (Fsp3) is 0.120. The lowest BCUT2D eigenvalue weighted by atomic mass is 10.1. The molecule has 1 aromatic heterocycles. The van der Waals surface area contributed by atoms with Gasteiger partial charge in [-0.25, -0.2) is 4.99 Å². The lowest BCUT2D eigenvalue weighted by Gasteiger charge is -2.19. The summed E-state index contributed by atoms with van der Waals surface area (Å²) < 4.78 is 7.69. The molecular formula is C25H20ClN3O2S. The summed E-state index contributed by atoms with van der Waals surface area (Å²) in [4.78, 5) is 17.6. The summed E-state index contributed by atoms with van der Waals surface area (Å²) in [6.07, 6.45) is 0. The summed E-state index contributed by atoms with van der Waals surface area (Å²) in [5, 5.41) is 5.69. The smallest absolute Gasteiger partial charge is 0.262 e. The lowest BCUT2D eigenvalue weighted by molar-refractivity contribution is -0.118. The molecule has 0 bridgehead atoms. The van der Waals surface area contributed by atoms with Crippen LogP contribution < -0.4 is 14.9 Å². The van der Waals surface area contributed by atoms with Crippen molar-refractivity contribution in [3.8, 4) is 17.0 Å². The maximum Gasteiger partial charge on any atom is 0.262 e. The number of nitrogens with zero attached hydrogens (tertiary/aromatic N) is 2. The number of carbonyl (C=O) groups excluding carboxylic acids is 1. The molecule has 5 rings (SSSR count). The number of carbonyl (C=O) groups is 1. The predicted octanol–water partition coefficient (Wildman–Crippen LogP) is 5.79. The van der Waals surface area contributed by atoms with Crippen LogP contribution in [0.5, 0.6) is 5.75 Å². The van der Waals surface area contributed by atoms with Gasteiger partial charge in [-0.1, -0.05) is 41.4 Å². The molecule has 5 nitrogen and oxygen atoms in total. The van der Waals surface area contributed by atoms with Gasteiger partial charge in [0.15, 0.2) is 11.4 Å². The number of halogens is 1. The molecule has 0 aliphatic carbocycles. The largest absolute Gasteiger partial charge is 0.482 e. The van der Waals surface area contributed by atoms with Gasteiger partial charge in [0.1, 0.15) is 5.75 Å². The topological polar surface area (TPSA) is 55.6 Å². The van der Waals surface area contributed by atoms with Crippen molar-refractivity contribution in [1.82, 2.24) is 4.57 Å². The van der Waals surface area contributed by atoms with E-state index < -0.39 is 0 Å². The number of nitrogens with one attached hydrogen (secondary N) is 1. The monoisotopic (exact) mass is 461 g/mol. The minimum atomic E-state index is -0.149. The highest BCUT2D eigenvalue weighted by molar-refractivity contribution is 7.07. The average Bonchev–Trinajstić information content (AvgIpc) is 3.18. The zero-order valence-corrected chi connectivity index (χ0v) is 18.9. The third kappa shape index (κ3) is 4.33. The number of aryl methyl sites for hydroxylation is 1. The maximum absolute atomic E-state index is 11.8. The van der Waals surface area contributed by atoms with Crippen molar-refractivity contribution in [2.24, 2.45) is 4.99 Å². The van der Waals surface area contributed by atoms with Crippen molar-refractivity contribution < 1.29 is 9.53 Å². The number of amides is 1. The van der Waals surface area contributed by atoms with Crippen LogP contribution in [-0.2, 0) is 11.3 Å².